The van der Waals surface area contributed by atoms with Crippen LogP contribution in [0.25, 0.3) is 0 Å². The van der Waals surface area contributed by atoms with E-state index in [1.165, 1.54) is 0 Å². The molecule has 2 rings (SSSR count). The number of benzene rings is 1. The standard InChI is InChI=1S/C15H19Cl2NO2/c16-13-3-1-11(9-14(13)17)2-4-15(20)18-7-5-12(10-19)6-8-18/h1,3,9,12,19H,2,4-8,10H2. The van der Waals surface area contributed by atoms with Gasteiger partial charge in [0.15, 0.2) is 0 Å². The quantitative estimate of drug-likeness (QED) is 0.927. The van der Waals surface area contributed by atoms with E-state index in [0.29, 0.717) is 28.8 Å². The number of halogens is 2. The van der Waals surface area contributed by atoms with Gasteiger partial charge in [0.25, 0.3) is 0 Å². The molecule has 0 spiro atoms. The van der Waals surface area contributed by atoms with E-state index in [2.05, 4.69) is 0 Å². The molecule has 0 unspecified atom stereocenters. The summed E-state index contributed by atoms with van der Waals surface area (Å²) in [4.78, 5) is 14.0. The lowest BCUT2D eigenvalue weighted by atomic mass is 9.97. The molecule has 1 fully saturated rings. The SMILES string of the molecule is O=C(CCc1ccc(Cl)c(Cl)c1)N1CCC(CO)CC1. The zero-order valence-corrected chi connectivity index (χ0v) is 12.8. The van der Waals surface area contributed by atoms with E-state index in [9.17, 15) is 4.79 Å². The molecule has 1 aromatic carbocycles. The molecule has 0 saturated carbocycles. The third-order valence-corrected chi connectivity index (χ3v) is 4.58. The van der Waals surface area contributed by atoms with Gasteiger partial charge < -0.3 is 10.0 Å². The van der Waals surface area contributed by atoms with Crippen molar-refractivity contribution in [3.05, 3.63) is 33.8 Å². The predicted molar refractivity (Wildman–Crippen MR) is 81.2 cm³/mol. The topological polar surface area (TPSA) is 40.5 Å². The van der Waals surface area contributed by atoms with Crippen LogP contribution in [0.4, 0.5) is 0 Å². The summed E-state index contributed by atoms with van der Waals surface area (Å²) >= 11 is 11.8. The van der Waals surface area contributed by atoms with Crippen LogP contribution < -0.4 is 0 Å². The molecule has 1 heterocycles. The molecule has 3 nitrogen and oxygen atoms in total. The molecule has 1 amide bonds. The number of likely N-dealkylation sites (tertiary alicyclic amines) is 1. The van der Waals surface area contributed by atoms with Gasteiger partial charge in [0.05, 0.1) is 10.0 Å². The molecular weight excluding hydrogens is 297 g/mol. The van der Waals surface area contributed by atoms with Crippen LogP contribution in [0.2, 0.25) is 10.0 Å². The Balaban J connectivity index is 1.81. The first-order valence-corrected chi connectivity index (χ1v) is 7.68. The lowest BCUT2D eigenvalue weighted by Gasteiger charge is -2.31. The summed E-state index contributed by atoms with van der Waals surface area (Å²) in [5.41, 5.74) is 1.03. The van der Waals surface area contributed by atoms with E-state index in [1.54, 1.807) is 6.07 Å². The van der Waals surface area contributed by atoms with Crippen molar-refractivity contribution in [3.63, 3.8) is 0 Å². The molecule has 0 bridgehead atoms. The van der Waals surface area contributed by atoms with Gasteiger partial charge in [-0.05, 0) is 42.9 Å². The number of amides is 1. The van der Waals surface area contributed by atoms with Gasteiger partial charge in [0.1, 0.15) is 0 Å². The molecule has 0 radical (unpaired) electrons. The highest BCUT2D eigenvalue weighted by Crippen LogP contribution is 2.23. The summed E-state index contributed by atoms with van der Waals surface area (Å²) in [5.74, 6) is 0.529. The third-order valence-electron chi connectivity index (χ3n) is 3.84. The van der Waals surface area contributed by atoms with E-state index in [-0.39, 0.29) is 12.5 Å². The molecule has 110 valence electrons. The van der Waals surface area contributed by atoms with Crippen LogP contribution in [-0.2, 0) is 11.2 Å². The molecule has 0 aliphatic carbocycles. The van der Waals surface area contributed by atoms with Gasteiger partial charge in [0.2, 0.25) is 5.91 Å². The van der Waals surface area contributed by atoms with E-state index < -0.39 is 0 Å². The van der Waals surface area contributed by atoms with Crippen LogP contribution in [0, 0.1) is 5.92 Å². The molecule has 1 aliphatic rings. The van der Waals surface area contributed by atoms with Crippen molar-refractivity contribution in [3.8, 4) is 0 Å². The van der Waals surface area contributed by atoms with Crippen molar-refractivity contribution in [1.29, 1.82) is 0 Å². The number of aliphatic hydroxyl groups excluding tert-OH is 1. The molecular formula is C15H19Cl2NO2. The number of carbonyl (C=O) groups excluding carboxylic acids is 1. The van der Waals surface area contributed by atoms with Crippen LogP contribution in [0.5, 0.6) is 0 Å². The molecule has 5 heteroatoms. The van der Waals surface area contributed by atoms with Gasteiger partial charge in [-0.2, -0.15) is 0 Å². The van der Waals surface area contributed by atoms with E-state index in [4.69, 9.17) is 28.3 Å². The Morgan fingerprint density at radius 1 is 1.25 bits per heavy atom. The maximum atomic E-state index is 12.1. The highest BCUT2D eigenvalue weighted by molar-refractivity contribution is 6.42. The second-order valence-electron chi connectivity index (χ2n) is 5.26. The van der Waals surface area contributed by atoms with Crippen LogP contribution in [0.15, 0.2) is 18.2 Å². The molecule has 1 saturated heterocycles. The number of aliphatic hydroxyl groups is 1. The van der Waals surface area contributed by atoms with Gasteiger partial charge in [0, 0.05) is 26.1 Å². The average molecular weight is 316 g/mol. The van der Waals surface area contributed by atoms with Crippen LogP contribution >= 0.6 is 23.2 Å². The average Bonchev–Trinajstić information content (AvgIpc) is 2.48. The summed E-state index contributed by atoms with van der Waals surface area (Å²) in [5, 5.41) is 10.2. The number of carbonyl (C=O) groups is 1. The third kappa shape index (κ3) is 4.11. The number of rotatable bonds is 4. The van der Waals surface area contributed by atoms with Crippen molar-refractivity contribution < 1.29 is 9.90 Å². The molecule has 1 aliphatic heterocycles. The number of hydrogen-bond donors (Lipinski definition) is 1. The number of nitrogens with zero attached hydrogens (tertiary/aromatic N) is 1. The molecule has 1 aromatic rings. The van der Waals surface area contributed by atoms with Crippen molar-refractivity contribution in [2.75, 3.05) is 19.7 Å². The Kier molecular flexibility index (Phi) is 5.70. The number of aryl methyl sites for hydroxylation is 1. The first-order valence-electron chi connectivity index (χ1n) is 6.92. The van der Waals surface area contributed by atoms with E-state index >= 15 is 0 Å². The Morgan fingerprint density at radius 3 is 2.55 bits per heavy atom. The minimum Gasteiger partial charge on any atom is -0.396 e. The van der Waals surface area contributed by atoms with Gasteiger partial charge >= 0.3 is 0 Å². The second-order valence-corrected chi connectivity index (χ2v) is 6.07. The van der Waals surface area contributed by atoms with Gasteiger partial charge in [-0.25, -0.2) is 0 Å². The van der Waals surface area contributed by atoms with Gasteiger partial charge in [-0.1, -0.05) is 29.3 Å². The van der Waals surface area contributed by atoms with Crippen LogP contribution in [0.1, 0.15) is 24.8 Å². The second kappa shape index (κ2) is 7.30. The monoisotopic (exact) mass is 315 g/mol. The van der Waals surface area contributed by atoms with Crippen LogP contribution in [-0.4, -0.2) is 35.6 Å². The first kappa shape index (κ1) is 15.6. The molecule has 20 heavy (non-hydrogen) atoms. The Bertz CT molecular complexity index is 471. The molecule has 0 aromatic heterocycles. The number of hydrogen-bond acceptors (Lipinski definition) is 2. The van der Waals surface area contributed by atoms with Crippen molar-refractivity contribution in [2.45, 2.75) is 25.7 Å². The van der Waals surface area contributed by atoms with Gasteiger partial charge in [-0.15, -0.1) is 0 Å². The summed E-state index contributed by atoms with van der Waals surface area (Å²) in [6.07, 6.45) is 2.96. The lowest BCUT2D eigenvalue weighted by Crippen LogP contribution is -2.39. The van der Waals surface area contributed by atoms with Crippen molar-refractivity contribution in [1.82, 2.24) is 4.90 Å². The highest BCUT2D eigenvalue weighted by atomic mass is 35.5. The maximum absolute atomic E-state index is 12.1. The van der Waals surface area contributed by atoms with Crippen LogP contribution in [0.3, 0.4) is 0 Å². The minimum absolute atomic E-state index is 0.174. The Labute approximate surface area is 129 Å². The summed E-state index contributed by atoms with van der Waals surface area (Å²) in [6.45, 7) is 1.74. The maximum Gasteiger partial charge on any atom is 0.222 e. The molecule has 0 atom stereocenters. The Hall–Kier alpha value is -0.770. The predicted octanol–water partition coefficient (Wildman–Crippen LogP) is 3.16. The van der Waals surface area contributed by atoms with Gasteiger partial charge in [-0.3, -0.25) is 4.79 Å². The number of piperidine rings is 1. The van der Waals surface area contributed by atoms with Crippen molar-refractivity contribution in [2.24, 2.45) is 5.92 Å². The fraction of sp³-hybridized carbons (Fsp3) is 0.533. The zero-order chi connectivity index (χ0) is 14.5. The Morgan fingerprint density at radius 2 is 1.95 bits per heavy atom. The summed E-state index contributed by atoms with van der Waals surface area (Å²) < 4.78 is 0. The summed E-state index contributed by atoms with van der Waals surface area (Å²) in [7, 11) is 0. The lowest BCUT2D eigenvalue weighted by molar-refractivity contribution is -0.132. The van der Waals surface area contributed by atoms with E-state index in [1.807, 2.05) is 17.0 Å². The fourth-order valence-corrected chi connectivity index (χ4v) is 2.79. The fourth-order valence-electron chi connectivity index (χ4n) is 2.47. The normalized spacial score (nSPS) is 16.4. The van der Waals surface area contributed by atoms with E-state index in [0.717, 1.165) is 31.5 Å². The zero-order valence-electron chi connectivity index (χ0n) is 11.3. The summed E-state index contributed by atoms with van der Waals surface area (Å²) in [6, 6.07) is 5.48. The highest BCUT2D eigenvalue weighted by Gasteiger charge is 2.21. The molecule has 1 N–H and O–H groups in total. The smallest absolute Gasteiger partial charge is 0.222 e. The largest absolute Gasteiger partial charge is 0.396 e. The van der Waals surface area contributed by atoms with Crippen molar-refractivity contribution >= 4 is 29.1 Å². The first-order chi connectivity index (χ1) is 9.60. The minimum atomic E-state index is 0.174.